The number of fused-ring (bicyclic) bond motifs is 2. The summed E-state index contributed by atoms with van der Waals surface area (Å²) in [4.78, 5) is 16.0. The van der Waals surface area contributed by atoms with Crippen molar-refractivity contribution in [1.82, 2.24) is 4.98 Å². The van der Waals surface area contributed by atoms with Crippen molar-refractivity contribution in [1.29, 1.82) is 0 Å². The highest BCUT2D eigenvalue weighted by Gasteiger charge is 2.24. The topological polar surface area (TPSA) is 80.7 Å². The van der Waals surface area contributed by atoms with Gasteiger partial charge in [-0.2, -0.15) is 0 Å². The number of aliphatic hydroxyl groups is 1. The molecule has 0 aliphatic carbocycles. The first-order valence-electron chi connectivity index (χ1n) is 9.59. The zero-order valence-corrected chi connectivity index (χ0v) is 16.1. The predicted molar refractivity (Wildman–Crippen MR) is 112 cm³/mol. The molecule has 0 radical (unpaired) electrons. The molecule has 0 amide bonds. The number of nitrogens with one attached hydrogen (secondary N) is 1. The first kappa shape index (κ1) is 19.0. The first-order chi connectivity index (χ1) is 14.2. The number of rotatable bonds is 6. The summed E-state index contributed by atoms with van der Waals surface area (Å²) in [6.07, 6.45) is 3.09. The van der Waals surface area contributed by atoms with Gasteiger partial charge in [0.2, 0.25) is 0 Å². The number of pyridine rings is 1. The minimum Gasteiger partial charge on any atom is -0.491 e. The largest absolute Gasteiger partial charge is 0.491 e. The van der Waals surface area contributed by atoms with Crippen molar-refractivity contribution >= 4 is 34.2 Å². The maximum Gasteiger partial charge on any atom is 0.309 e. The molecule has 2 N–H and O–H groups in total. The average molecular weight is 390 g/mol. The minimum absolute atomic E-state index is 0.183. The SMILES string of the molecule is CCOC(=O)CCOc1ccc(C=C2c3ccccc3NC2O)c2cccnc12. The molecule has 0 saturated heterocycles. The van der Waals surface area contributed by atoms with Crippen LogP contribution in [-0.2, 0) is 9.53 Å². The summed E-state index contributed by atoms with van der Waals surface area (Å²) in [6.45, 7) is 2.36. The van der Waals surface area contributed by atoms with Crippen LogP contribution in [0.25, 0.3) is 22.6 Å². The van der Waals surface area contributed by atoms with Crippen LogP contribution in [0.4, 0.5) is 5.69 Å². The lowest BCUT2D eigenvalue weighted by molar-refractivity contribution is -0.143. The van der Waals surface area contributed by atoms with Gasteiger partial charge in [0, 0.05) is 28.4 Å². The standard InChI is InChI=1S/C23H22N2O4/c1-2-28-21(26)11-13-29-20-10-9-15(16-7-5-12-24-22(16)20)14-18-17-6-3-4-8-19(17)25-23(18)27/h3-10,12,14,23,25,27H,2,11,13H2,1H3. The lowest BCUT2D eigenvalue weighted by atomic mass is 10.0. The van der Waals surface area contributed by atoms with Crippen LogP contribution in [0.1, 0.15) is 24.5 Å². The van der Waals surface area contributed by atoms with E-state index in [4.69, 9.17) is 9.47 Å². The van der Waals surface area contributed by atoms with Gasteiger partial charge in [-0.3, -0.25) is 9.78 Å². The first-order valence-corrected chi connectivity index (χ1v) is 9.59. The third-order valence-corrected chi connectivity index (χ3v) is 4.77. The fourth-order valence-electron chi connectivity index (χ4n) is 3.45. The van der Waals surface area contributed by atoms with Gasteiger partial charge in [-0.15, -0.1) is 0 Å². The monoisotopic (exact) mass is 390 g/mol. The molecule has 1 aliphatic heterocycles. The number of hydrogen-bond donors (Lipinski definition) is 2. The number of ether oxygens (including phenoxy) is 2. The van der Waals surface area contributed by atoms with Crippen molar-refractivity contribution < 1.29 is 19.4 Å². The smallest absolute Gasteiger partial charge is 0.309 e. The zero-order valence-electron chi connectivity index (χ0n) is 16.1. The number of hydrogen-bond acceptors (Lipinski definition) is 6. The van der Waals surface area contributed by atoms with Gasteiger partial charge in [-0.05, 0) is 36.8 Å². The maximum absolute atomic E-state index is 11.5. The van der Waals surface area contributed by atoms with E-state index in [0.29, 0.717) is 17.9 Å². The number of carbonyl (C=O) groups excluding carboxylic acids is 1. The highest BCUT2D eigenvalue weighted by molar-refractivity contribution is 6.00. The lowest BCUT2D eigenvalue weighted by Gasteiger charge is -2.11. The van der Waals surface area contributed by atoms with E-state index in [1.54, 1.807) is 13.1 Å². The van der Waals surface area contributed by atoms with Gasteiger partial charge >= 0.3 is 5.97 Å². The van der Waals surface area contributed by atoms with Crippen LogP contribution in [0.5, 0.6) is 5.75 Å². The normalized spacial score (nSPS) is 16.5. The van der Waals surface area contributed by atoms with Gasteiger partial charge in [0.25, 0.3) is 0 Å². The number of aromatic nitrogens is 1. The van der Waals surface area contributed by atoms with Crippen molar-refractivity contribution in [2.45, 2.75) is 19.6 Å². The van der Waals surface area contributed by atoms with Gasteiger partial charge < -0.3 is 19.9 Å². The van der Waals surface area contributed by atoms with Crippen molar-refractivity contribution in [3.63, 3.8) is 0 Å². The summed E-state index contributed by atoms with van der Waals surface area (Å²) in [6, 6.07) is 15.4. The molecule has 1 unspecified atom stereocenters. The summed E-state index contributed by atoms with van der Waals surface area (Å²) >= 11 is 0. The van der Waals surface area contributed by atoms with Gasteiger partial charge in [-0.25, -0.2) is 0 Å². The molecule has 1 atom stereocenters. The molecule has 148 valence electrons. The van der Waals surface area contributed by atoms with Crippen molar-refractivity contribution in [2.75, 3.05) is 18.5 Å². The Morgan fingerprint density at radius 1 is 1.21 bits per heavy atom. The van der Waals surface area contributed by atoms with Crippen LogP contribution >= 0.6 is 0 Å². The van der Waals surface area contributed by atoms with E-state index in [2.05, 4.69) is 10.3 Å². The highest BCUT2D eigenvalue weighted by Crippen LogP contribution is 2.37. The second-order valence-corrected chi connectivity index (χ2v) is 6.65. The molecule has 0 bridgehead atoms. The van der Waals surface area contributed by atoms with Gasteiger partial charge in [0.05, 0.1) is 19.6 Å². The van der Waals surface area contributed by atoms with E-state index in [0.717, 1.165) is 27.8 Å². The molecular weight excluding hydrogens is 368 g/mol. The molecule has 1 aliphatic rings. The third kappa shape index (κ3) is 3.93. The molecule has 4 rings (SSSR count). The number of nitrogens with zero attached hydrogens (tertiary/aromatic N) is 1. The molecule has 6 heteroatoms. The average Bonchev–Trinajstić information content (AvgIpc) is 3.05. The molecule has 3 aromatic rings. The number of para-hydroxylation sites is 1. The number of anilines is 1. The second-order valence-electron chi connectivity index (χ2n) is 6.65. The predicted octanol–water partition coefficient (Wildman–Crippen LogP) is 3.85. The van der Waals surface area contributed by atoms with Crippen molar-refractivity contribution in [2.24, 2.45) is 0 Å². The van der Waals surface area contributed by atoms with E-state index in [-0.39, 0.29) is 19.0 Å². The van der Waals surface area contributed by atoms with Gasteiger partial charge in [0.1, 0.15) is 11.3 Å². The molecule has 0 saturated carbocycles. The van der Waals surface area contributed by atoms with Gasteiger partial charge in [-0.1, -0.05) is 30.3 Å². The van der Waals surface area contributed by atoms with Crippen LogP contribution in [0.2, 0.25) is 0 Å². The van der Waals surface area contributed by atoms with Crippen LogP contribution in [0.3, 0.4) is 0 Å². The van der Waals surface area contributed by atoms with E-state index in [1.165, 1.54) is 0 Å². The Balaban J connectivity index is 1.65. The Morgan fingerprint density at radius 3 is 2.93 bits per heavy atom. The fourth-order valence-corrected chi connectivity index (χ4v) is 3.45. The number of aliphatic hydroxyl groups excluding tert-OH is 1. The van der Waals surface area contributed by atoms with Crippen molar-refractivity contribution in [3.05, 3.63) is 65.9 Å². The van der Waals surface area contributed by atoms with Crippen LogP contribution in [0.15, 0.2) is 54.7 Å². The lowest BCUT2D eigenvalue weighted by Crippen LogP contribution is -2.12. The summed E-state index contributed by atoms with van der Waals surface area (Å²) in [5, 5.41) is 14.4. The number of carbonyl (C=O) groups is 1. The molecule has 0 fully saturated rings. The molecule has 2 heterocycles. The van der Waals surface area contributed by atoms with Crippen molar-refractivity contribution in [3.8, 4) is 5.75 Å². The summed E-state index contributed by atoms with van der Waals surface area (Å²) in [5.41, 5.74) is 4.33. The molecule has 1 aromatic heterocycles. The molecule has 6 nitrogen and oxygen atoms in total. The van der Waals surface area contributed by atoms with Crippen LogP contribution < -0.4 is 10.1 Å². The Hall–Kier alpha value is -3.38. The Morgan fingerprint density at radius 2 is 2.07 bits per heavy atom. The van der Waals surface area contributed by atoms with E-state index in [9.17, 15) is 9.90 Å². The fraction of sp³-hybridized carbons (Fsp3) is 0.217. The Labute approximate surface area is 168 Å². The summed E-state index contributed by atoms with van der Waals surface area (Å²) in [7, 11) is 0. The summed E-state index contributed by atoms with van der Waals surface area (Å²) < 4.78 is 10.7. The second kappa shape index (κ2) is 8.32. The molecule has 2 aromatic carbocycles. The molecule has 0 spiro atoms. The molecule has 29 heavy (non-hydrogen) atoms. The quantitative estimate of drug-likeness (QED) is 0.622. The molecular formula is C23H22N2O4. The van der Waals surface area contributed by atoms with Gasteiger partial charge in [0.15, 0.2) is 6.23 Å². The zero-order chi connectivity index (χ0) is 20.2. The summed E-state index contributed by atoms with van der Waals surface area (Å²) in [5.74, 6) is 0.324. The van der Waals surface area contributed by atoms with Crippen LogP contribution in [-0.4, -0.2) is 35.5 Å². The number of esters is 1. The maximum atomic E-state index is 11.5. The number of benzene rings is 2. The Bertz CT molecular complexity index is 1080. The van der Waals surface area contributed by atoms with Crippen LogP contribution in [0, 0.1) is 0 Å². The van der Waals surface area contributed by atoms with E-state index in [1.807, 2.05) is 54.6 Å². The third-order valence-electron chi connectivity index (χ3n) is 4.77. The van der Waals surface area contributed by atoms with E-state index >= 15 is 0 Å². The highest BCUT2D eigenvalue weighted by atomic mass is 16.5. The minimum atomic E-state index is -0.764. The Kier molecular flexibility index (Phi) is 5.44. The van der Waals surface area contributed by atoms with E-state index < -0.39 is 6.23 Å².